The van der Waals surface area contributed by atoms with Crippen molar-refractivity contribution in [1.82, 2.24) is 0 Å². The Kier molecular flexibility index (Phi) is 7.13. The highest BCUT2D eigenvalue weighted by atomic mass is 16.7. The summed E-state index contributed by atoms with van der Waals surface area (Å²) >= 11 is 0. The standard InChI is InChI=1S/C29H40O10/c1-7-15(2)25(33)39-24-20(32)12-21-27(6,22-11-19-8-9-34-26(19)38-22)16(3)10-23(37-18(5)31)28(21,13-35-17(4)30)29(24)14-36-29/h8-10,15,19-24,26,32H,7,11-14H2,1-6H3/t15?,19-,20-,21-,22+,23+,24-,26+,27+,28+,29-/m1/s1. The summed E-state index contributed by atoms with van der Waals surface area (Å²) in [5, 5.41) is 11.6. The van der Waals surface area contributed by atoms with Gasteiger partial charge in [0, 0.05) is 25.2 Å². The van der Waals surface area contributed by atoms with Crippen molar-refractivity contribution in [1.29, 1.82) is 0 Å². The number of rotatable bonds is 7. The normalized spacial score (nSPS) is 44.5. The maximum atomic E-state index is 13.0. The number of aliphatic hydroxyl groups excluding tert-OH is 1. The van der Waals surface area contributed by atoms with E-state index < -0.39 is 64.9 Å². The molecule has 0 aromatic rings. The molecule has 39 heavy (non-hydrogen) atoms. The highest BCUT2D eigenvalue weighted by molar-refractivity contribution is 5.72. The van der Waals surface area contributed by atoms with Gasteiger partial charge in [-0.1, -0.05) is 26.3 Å². The quantitative estimate of drug-likeness (QED) is 0.219. The fourth-order valence-corrected chi connectivity index (χ4v) is 7.50. The fourth-order valence-electron chi connectivity index (χ4n) is 7.50. The van der Waals surface area contributed by atoms with E-state index in [1.165, 1.54) is 13.8 Å². The van der Waals surface area contributed by atoms with Crippen LogP contribution in [0.2, 0.25) is 0 Å². The van der Waals surface area contributed by atoms with Gasteiger partial charge in [0.05, 0.1) is 36.4 Å². The first-order valence-electron chi connectivity index (χ1n) is 13.9. The zero-order valence-electron chi connectivity index (χ0n) is 23.5. The Bertz CT molecular complexity index is 1080. The minimum absolute atomic E-state index is 0.0950. The van der Waals surface area contributed by atoms with E-state index in [0.29, 0.717) is 12.8 Å². The van der Waals surface area contributed by atoms with E-state index in [4.69, 9.17) is 28.4 Å². The van der Waals surface area contributed by atoms with Crippen molar-refractivity contribution in [3.8, 4) is 0 Å². The molecule has 216 valence electrons. The minimum Gasteiger partial charge on any atom is -0.472 e. The van der Waals surface area contributed by atoms with Gasteiger partial charge >= 0.3 is 17.9 Å². The van der Waals surface area contributed by atoms with Crippen molar-refractivity contribution >= 4 is 17.9 Å². The lowest BCUT2D eigenvalue weighted by Gasteiger charge is -2.62. The van der Waals surface area contributed by atoms with E-state index in [2.05, 4.69) is 6.92 Å². The van der Waals surface area contributed by atoms with Crippen LogP contribution in [-0.4, -0.2) is 72.5 Å². The van der Waals surface area contributed by atoms with E-state index in [0.717, 1.165) is 5.57 Å². The molecule has 2 aliphatic carbocycles. The van der Waals surface area contributed by atoms with Gasteiger partial charge in [-0.25, -0.2) is 0 Å². The fraction of sp³-hybridized carbons (Fsp3) is 0.759. The third-order valence-electron chi connectivity index (χ3n) is 10.0. The minimum atomic E-state index is -1.24. The number of ether oxygens (including phenoxy) is 6. The van der Waals surface area contributed by atoms with Crippen LogP contribution in [0.15, 0.2) is 24.0 Å². The smallest absolute Gasteiger partial charge is 0.309 e. The Hall–Kier alpha value is -2.43. The van der Waals surface area contributed by atoms with Crippen molar-refractivity contribution in [2.45, 2.75) is 97.1 Å². The van der Waals surface area contributed by atoms with Crippen molar-refractivity contribution in [3.63, 3.8) is 0 Å². The first-order chi connectivity index (χ1) is 18.4. The molecular formula is C29H40O10. The topological polar surface area (TPSA) is 130 Å². The molecular weight excluding hydrogens is 508 g/mol. The van der Waals surface area contributed by atoms with E-state index in [1.807, 2.05) is 26.0 Å². The van der Waals surface area contributed by atoms with Crippen LogP contribution in [0.25, 0.3) is 0 Å². The third kappa shape index (κ3) is 4.21. The van der Waals surface area contributed by atoms with Gasteiger partial charge in [0.25, 0.3) is 0 Å². The van der Waals surface area contributed by atoms with Gasteiger partial charge in [0.15, 0.2) is 6.10 Å². The summed E-state index contributed by atoms with van der Waals surface area (Å²) in [6.45, 7) is 10.4. The number of carbonyl (C=O) groups is 3. The summed E-state index contributed by atoms with van der Waals surface area (Å²) in [4.78, 5) is 37.6. The van der Waals surface area contributed by atoms with Crippen molar-refractivity contribution in [3.05, 3.63) is 24.0 Å². The summed E-state index contributed by atoms with van der Waals surface area (Å²) < 4.78 is 35.9. The Labute approximate surface area is 229 Å². The van der Waals surface area contributed by atoms with Gasteiger partial charge in [0.2, 0.25) is 6.29 Å². The molecule has 1 N–H and O–H groups in total. The van der Waals surface area contributed by atoms with Crippen LogP contribution in [0, 0.1) is 28.6 Å². The maximum Gasteiger partial charge on any atom is 0.309 e. The van der Waals surface area contributed by atoms with Gasteiger partial charge in [-0.05, 0) is 44.3 Å². The molecule has 0 bridgehead atoms. The monoisotopic (exact) mass is 548 g/mol. The Morgan fingerprint density at radius 1 is 1.18 bits per heavy atom. The Morgan fingerprint density at radius 2 is 1.90 bits per heavy atom. The van der Waals surface area contributed by atoms with E-state index in [9.17, 15) is 19.5 Å². The second-order valence-corrected chi connectivity index (χ2v) is 12.0. The van der Waals surface area contributed by atoms with Crippen LogP contribution in [0.4, 0.5) is 0 Å². The number of carbonyl (C=O) groups excluding carboxylic acids is 3. The molecule has 0 radical (unpaired) electrons. The number of aliphatic hydroxyl groups is 1. The van der Waals surface area contributed by atoms with Crippen molar-refractivity contribution < 1.29 is 47.9 Å². The second-order valence-electron chi connectivity index (χ2n) is 12.0. The predicted octanol–water partition coefficient (Wildman–Crippen LogP) is 2.82. The number of hydrogen-bond donors (Lipinski definition) is 1. The molecule has 0 amide bonds. The molecule has 5 aliphatic rings. The van der Waals surface area contributed by atoms with Crippen molar-refractivity contribution in [2.75, 3.05) is 13.2 Å². The molecule has 0 aromatic carbocycles. The molecule has 3 aliphatic heterocycles. The van der Waals surface area contributed by atoms with E-state index >= 15 is 0 Å². The first-order valence-corrected chi connectivity index (χ1v) is 13.9. The maximum absolute atomic E-state index is 13.0. The largest absolute Gasteiger partial charge is 0.472 e. The number of epoxide rings is 1. The van der Waals surface area contributed by atoms with Gasteiger partial charge in [-0.2, -0.15) is 0 Å². The molecule has 1 saturated carbocycles. The first kappa shape index (κ1) is 28.1. The number of hydrogen-bond acceptors (Lipinski definition) is 10. The average Bonchev–Trinajstić information content (AvgIpc) is 3.36. The van der Waals surface area contributed by atoms with Gasteiger partial charge < -0.3 is 33.5 Å². The molecule has 11 atom stereocenters. The van der Waals surface area contributed by atoms with Crippen LogP contribution < -0.4 is 0 Å². The van der Waals surface area contributed by atoms with Gasteiger partial charge in [0.1, 0.15) is 18.3 Å². The van der Waals surface area contributed by atoms with Crippen molar-refractivity contribution in [2.24, 2.45) is 28.6 Å². The summed E-state index contributed by atoms with van der Waals surface area (Å²) in [7, 11) is 0. The predicted molar refractivity (Wildman–Crippen MR) is 136 cm³/mol. The summed E-state index contributed by atoms with van der Waals surface area (Å²) in [6, 6.07) is 0. The SMILES string of the molecule is CCC(C)C(=O)O[C@@H]1[C@H](O)C[C@@H]2[C@@](C)([C@@H]3C[C@H]4C=CO[C@H]4O3)C(C)=C[C@H](OC(C)=O)[C@@]2(COC(C)=O)[C@@]12CO2. The third-order valence-corrected chi connectivity index (χ3v) is 10.0. The lowest BCUT2D eigenvalue weighted by atomic mass is 9.44. The molecule has 5 rings (SSSR count). The summed E-state index contributed by atoms with van der Waals surface area (Å²) in [5.41, 5.74) is -2.14. The molecule has 10 nitrogen and oxygen atoms in total. The second kappa shape index (κ2) is 9.89. The van der Waals surface area contributed by atoms with Crippen LogP contribution in [0.3, 0.4) is 0 Å². The van der Waals surface area contributed by atoms with Crippen LogP contribution in [0.1, 0.15) is 60.8 Å². The van der Waals surface area contributed by atoms with Crippen LogP contribution >= 0.6 is 0 Å². The Morgan fingerprint density at radius 3 is 2.49 bits per heavy atom. The molecule has 3 heterocycles. The van der Waals surface area contributed by atoms with Crippen LogP contribution in [0.5, 0.6) is 0 Å². The molecule has 1 spiro atoms. The zero-order chi connectivity index (χ0) is 28.3. The summed E-state index contributed by atoms with van der Waals surface area (Å²) in [6.07, 6.45) is 3.37. The molecule has 10 heteroatoms. The Balaban J connectivity index is 1.65. The average molecular weight is 549 g/mol. The summed E-state index contributed by atoms with van der Waals surface area (Å²) in [5.74, 6) is -2.16. The van der Waals surface area contributed by atoms with Gasteiger partial charge in [-0.15, -0.1) is 0 Å². The molecule has 3 fully saturated rings. The van der Waals surface area contributed by atoms with E-state index in [-0.39, 0.29) is 37.6 Å². The highest BCUT2D eigenvalue weighted by Crippen LogP contribution is 2.69. The zero-order valence-corrected chi connectivity index (χ0v) is 23.5. The number of fused-ring (bicyclic) bond motifs is 3. The highest BCUT2D eigenvalue weighted by Gasteiger charge is 2.80. The number of esters is 3. The lowest BCUT2D eigenvalue weighted by molar-refractivity contribution is -0.248. The molecule has 2 saturated heterocycles. The lowest BCUT2D eigenvalue weighted by Crippen LogP contribution is -2.72. The van der Waals surface area contributed by atoms with Crippen LogP contribution in [-0.2, 0) is 42.8 Å². The van der Waals surface area contributed by atoms with E-state index in [1.54, 1.807) is 13.2 Å². The molecule has 1 unspecified atom stereocenters. The van der Waals surface area contributed by atoms with Gasteiger partial charge in [-0.3, -0.25) is 14.4 Å². The molecule has 0 aromatic heterocycles.